The first-order chi connectivity index (χ1) is 15.0. The Labute approximate surface area is 185 Å². The normalized spacial score (nSPS) is 17.0. The maximum atomic E-state index is 12.6. The lowest BCUT2D eigenvalue weighted by atomic mass is 9.92. The largest absolute Gasteiger partial charge is 0.372 e. The summed E-state index contributed by atoms with van der Waals surface area (Å²) in [6.07, 6.45) is 9.14. The molecule has 0 unspecified atom stereocenters. The van der Waals surface area contributed by atoms with Crippen LogP contribution in [0.5, 0.6) is 0 Å². The van der Waals surface area contributed by atoms with Crippen LogP contribution in [-0.4, -0.2) is 34.0 Å². The van der Waals surface area contributed by atoms with E-state index in [0.717, 1.165) is 50.0 Å². The molecule has 6 nitrogen and oxygen atoms in total. The minimum Gasteiger partial charge on any atom is -0.372 e. The first-order valence-corrected chi connectivity index (χ1v) is 12.8. The lowest BCUT2D eigenvalue weighted by Gasteiger charge is -2.22. The average Bonchev–Trinajstić information content (AvgIpc) is 3.08. The molecule has 1 aliphatic heterocycles. The summed E-state index contributed by atoms with van der Waals surface area (Å²) >= 11 is 0. The van der Waals surface area contributed by atoms with Gasteiger partial charge in [-0.15, -0.1) is 0 Å². The molecule has 2 N–H and O–H groups in total. The average molecular weight is 442 g/mol. The maximum Gasteiger partial charge on any atom is 0.241 e. The Morgan fingerprint density at radius 3 is 2.23 bits per heavy atom. The topological polar surface area (TPSA) is 78.5 Å². The van der Waals surface area contributed by atoms with Gasteiger partial charge in [-0.2, -0.15) is 0 Å². The van der Waals surface area contributed by atoms with Crippen LogP contribution >= 0.6 is 0 Å². The van der Waals surface area contributed by atoms with Gasteiger partial charge in [0.1, 0.15) is 0 Å². The summed E-state index contributed by atoms with van der Waals surface area (Å²) in [5, 5.41) is 2.77. The van der Waals surface area contributed by atoms with Crippen molar-refractivity contribution in [1.82, 2.24) is 4.72 Å². The van der Waals surface area contributed by atoms with Gasteiger partial charge < -0.3 is 10.2 Å². The summed E-state index contributed by atoms with van der Waals surface area (Å²) in [6.45, 7) is 1.83. The molecule has 0 radical (unpaired) electrons. The van der Waals surface area contributed by atoms with E-state index in [2.05, 4.69) is 14.9 Å². The Bertz CT molecular complexity index is 1010. The van der Waals surface area contributed by atoms with E-state index < -0.39 is 10.0 Å². The smallest absolute Gasteiger partial charge is 0.241 e. The van der Waals surface area contributed by atoms with Crippen molar-refractivity contribution in [1.29, 1.82) is 0 Å². The van der Waals surface area contributed by atoms with Gasteiger partial charge in [-0.05, 0) is 86.1 Å². The monoisotopic (exact) mass is 441 g/mol. The van der Waals surface area contributed by atoms with E-state index in [4.69, 9.17) is 0 Å². The molecular weight excluding hydrogens is 410 g/mol. The first-order valence-electron chi connectivity index (χ1n) is 11.3. The SMILES string of the molecule is O=C(CNS(=O)(=O)c1ccc2c(c1)CCCC2)Nc1ccc(N2CCCCCC2)cc1. The minimum absolute atomic E-state index is 0.225. The predicted molar refractivity (Wildman–Crippen MR) is 124 cm³/mol. The van der Waals surface area contributed by atoms with Crippen LogP contribution in [0.25, 0.3) is 0 Å². The lowest BCUT2D eigenvalue weighted by Crippen LogP contribution is -2.33. The number of anilines is 2. The highest BCUT2D eigenvalue weighted by Gasteiger charge is 2.19. The number of nitrogens with zero attached hydrogens (tertiary/aromatic N) is 1. The molecule has 2 aromatic carbocycles. The van der Waals surface area contributed by atoms with Crippen LogP contribution in [0.1, 0.15) is 49.7 Å². The van der Waals surface area contributed by atoms with Crippen LogP contribution in [-0.2, 0) is 27.7 Å². The Morgan fingerprint density at radius 2 is 1.52 bits per heavy atom. The minimum atomic E-state index is -3.72. The molecule has 1 heterocycles. The van der Waals surface area contributed by atoms with Gasteiger partial charge in [-0.3, -0.25) is 4.79 Å². The van der Waals surface area contributed by atoms with Crippen molar-refractivity contribution >= 4 is 27.3 Å². The number of carbonyl (C=O) groups is 1. The molecule has 1 fully saturated rings. The Balaban J connectivity index is 1.32. The van der Waals surface area contributed by atoms with Gasteiger partial charge in [-0.1, -0.05) is 18.9 Å². The zero-order valence-electron chi connectivity index (χ0n) is 17.9. The summed E-state index contributed by atoms with van der Waals surface area (Å²) in [5.74, 6) is -0.385. The molecule has 1 amide bonds. The number of benzene rings is 2. The number of carbonyl (C=O) groups excluding carboxylic acids is 1. The lowest BCUT2D eigenvalue weighted by molar-refractivity contribution is -0.115. The molecule has 0 spiro atoms. The van der Waals surface area contributed by atoms with Gasteiger partial charge >= 0.3 is 0 Å². The fourth-order valence-corrected chi connectivity index (χ4v) is 5.44. The van der Waals surface area contributed by atoms with E-state index in [1.165, 1.54) is 31.2 Å². The molecule has 2 aliphatic rings. The molecule has 1 saturated heterocycles. The number of sulfonamides is 1. The first kappa shape index (κ1) is 21.8. The highest BCUT2D eigenvalue weighted by Crippen LogP contribution is 2.24. The highest BCUT2D eigenvalue weighted by atomic mass is 32.2. The molecule has 4 rings (SSSR count). The van der Waals surface area contributed by atoms with Crippen LogP contribution in [0.4, 0.5) is 11.4 Å². The number of aryl methyl sites for hydroxylation is 2. The van der Waals surface area contributed by atoms with Crippen molar-refractivity contribution in [2.75, 3.05) is 29.9 Å². The Hall–Kier alpha value is -2.38. The fourth-order valence-electron chi connectivity index (χ4n) is 4.41. The third-order valence-corrected chi connectivity index (χ3v) is 7.57. The van der Waals surface area contributed by atoms with E-state index in [0.29, 0.717) is 5.69 Å². The molecule has 0 bridgehead atoms. The van der Waals surface area contributed by atoms with Crippen molar-refractivity contribution in [3.8, 4) is 0 Å². The maximum absolute atomic E-state index is 12.6. The zero-order chi connectivity index (χ0) is 21.7. The van der Waals surface area contributed by atoms with Gasteiger partial charge in [0.05, 0.1) is 11.4 Å². The molecule has 2 aromatic rings. The van der Waals surface area contributed by atoms with Crippen molar-refractivity contribution < 1.29 is 13.2 Å². The fraction of sp³-hybridized carbons (Fsp3) is 0.458. The van der Waals surface area contributed by atoms with Gasteiger partial charge in [-0.25, -0.2) is 13.1 Å². The summed E-state index contributed by atoms with van der Waals surface area (Å²) in [6, 6.07) is 13.0. The van der Waals surface area contributed by atoms with Crippen LogP contribution < -0.4 is 14.9 Å². The third kappa shape index (κ3) is 5.66. The molecule has 0 atom stereocenters. The van der Waals surface area contributed by atoms with E-state index in [1.54, 1.807) is 12.1 Å². The number of hydrogen-bond donors (Lipinski definition) is 2. The summed E-state index contributed by atoms with van der Waals surface area (Å²) < 4.78 is 27.7. The molecular formula is C24H31N3O3S. The molecule has 31 heavy (non-hydrogen) atoms. The second-order valence-corrected chi connectivity index (χ2v) is 10.2. The number of amides is 1. The second kappa shape index (κ2) is 9.83. The molecule has 166 valence electrons. The van der Waals surface area contributed by atoms with Gasteiger partial charge in [0.15, 0.2) is 0 Å². The summed E-state index contributed by atoms with van der Waals surface area (Å²) in [7, 11) is -3.72. The standard InChI is InChI=1S/C24H31N3O3S/c28-24(26-21-10-12-22(13-11-21)27-15-5-1-2-6-16-27)18-25-31(29,30)23-14-9-19-7-3-4-8-20(19)17-23/h9-14,17,25H,1-8,15-16,18H2,(H,26,28). The van der Waals surface area contributed by atoms with Crippen LogP contribution in [0.3, 0.4) is 0 Å². The van der Waals surface area contributed by atoms with Gasteiger partial charge in [0.2, 0.25) is 15.9 Å². The summed E-state index contributed by atoms with van der Waals surface area (Å²) in [4.78, 5) is 14.9. The number of fused-ring (bicyclic) bond motifs is 1. The van der Waals surface area contributed by atoms with Crippen LogP contribution in [0, 0.1) is 0 Å². The summed E-state index contributed by atoms with van der Waals surface area (Å²) in [5.41, 5.74) is 4.15. The number of nitrogens with one attached hydrogen (secondary N) is 2. The van der Waals surface area contributed by atoms with Gasteiger partial charge in [0, 0.05) is 24.5 Å². The van der Waals surface area contributed by atoms with Crippen molar-refractivity contribution in [3.63, 3.8) is 0 Å². The zero-order valence-corrected chi connectivity index (χ0v) is 18.7. The van der Waals surface area contributed by atoms with E-state index in [-0.39, 0.29) is 17.3 Å². The molecule has 0 aromatic heterocycles. The van der Waals surface area contributed by atoms with Gasteiger partial charge in [0.25, 0.3) is 0 Å². The predicted octanol–water partition coefficient (Wildman–Crippen LogP) is 3.86. The van der Waals surface area contributed by atoms with Crippen molar-refractivity contribution in [2.24, 2.45) is 0 Å². The number of hydrogen-bond acceptors (Lipinski definition) is 4. The van der Waals surface area contributed by atoms with Crippen molar-refractivity contribution in [3.05, 3.63) is 53.6 Å². The van der Waals surface area contributed by atoms with Crippen LogP contribution in [0.2, 0.25) is 0 Å². The second-order valence-electron chi connectivity index (χ2n) is 8.46. The molecule has 7 heteroatoms. The Kier molecular flexibility index (Phi) is 6.92. The van der Waals surface area contributed by atoms with Crippen LogP contribution in [0.15, 0.2) is 47.4 Å². The molecule has 0 saturated carbocycles. The highest BCUT2D eigenvalue weighted by molar-refractivity contribution is 7.89. The Morgan fingerprint density at radius 1 is 0.839 bits per heavy atom. The van der Waals surface area contributed by atoms with E-state index in [1.807, 2.05) is 30.3 Å². The van der Waals surface area contributed by atoms with Crippen molar-refractivity contribution in [2.45, 2.75) is 56.3 Å². The number of rotatable bonds is 6. The van der Waals surface area contributed by atoms with E-state index in [9.17, 15) is 13.2 Å². The quantitative estimate of drug-likeness (QED) is 0.713. The van der Waals surface area contributed by atoms with E-state index >= 15 is 0 Å². The molecule has 1 aliphatic carbocycles. The third-order valence-electron chi connectivity index (χ3n) is 6.18.